The van der Waals surface area contributed by atoms with Crippen LogP contribution in [0.1, 0.15) is 37.1 Å². The zero-order chi connectivity index (χ0) is 17.7. The SMILES string of the molecule is Cc1nccc(N2CCCC(CCCc3cccnc3)(C(N)=O)C2)n1. The highest BCUT2D eigenvalue weighted by Crippen LogP contribution is 2.36. The van der Waals surface area contributed by atoms with E-state index in [1.165, 1.54) is 5.56 Å². The molecule has 0 radical (unpaired) electrons. The lowest BCUT2D eigenvalue weighted by molar-refractivity contribution is -0.128. The number of aromatic nitrogens is 3. The van der Waals surface area contributed by atoms with Gasteiger partial charge in [-0.25, -0.2) is 9.97 Å². The Morgan fingerprint density at radius 3 is 2.96 bits per heavy atom. The van der Waals surface area contributed by atoms with Crippen LogP contribution in [0.5, 0.6) is 0 Å². The fourth-order valence-corrected chi connectivity index (χ4v) is 3.65. The Kier molecular flexibility index (Phi) is 5.26. The molecule has 3 rings (SSSR count). The number of carbonyl (C=O) groups is 1. The molecule has 3 heterocycles. The van der Waals surface area contributed by atoms with Gasteiger partial charge in [0.25, 0.3) is 0 Å². The van der Waals surface area contributed by atoms with Gasteiger partial charge in [-0.2, -0.15) is 0 Å². The third-order valence-electron chi connectivity index (χ3n) is 5.03. The number of piperidine rings is 1. The highest BCUT2D eigenvalue weighted by molar-refractivity contribution is 5.81. The number of hydrogen-bond acceptors (Lipinski definition) is 5. The summed E-state index contributed by atoms with van der Waals surface area (Å²) < 4.78 is 0. The standard InChI is InChI=1S/C19H25N5O/c1-15-22-11-7-17(23-15)24-12-4-9-19(14-24,18(20)25)8-2-5-16-6-3-10-21-13-16/h3,6-7,10-11,13H,2,4-5,8-9,12,14H2,1H3,(H2,20,25). The van der Waals surface area contributed by atoms with E-state index in [2.05, 4.69) is 25.9 Å². The quantitative estimate of drug-likeness (QED) is 0.872. The zero-order valence-electron chi connectivity index (χ0n) is 14.7. The van der Waals surface area contributed by atoms with Crippen molar-refractivity contribution >= 4 is 11.7 Å². The Morgan fingerprint density at radius 1 is 1.36 bits per heavy atom. The van der Waals surface area contributed by atoms with E-state index in [4.69, 9.17) is 5.73 Å². The molecule has 0 aliphatic carbocycles. The summed E-state index contributed by atoms with van der Waals surface area (Å²) in [5, 5.41) is 0. The number of pyridine rings is 1. The van der Waals surface area contributed by atoms with E-state index in [0.717, 1.165) is 50.3 Å². The molecular formula is C19H25N5O. The molecule has 1 fully saturated rings. The number of nitrogens with zero attached hydrogens (tertiary/aromatic N) is 4. The molecule has 0 bridgehead atoms. The number of rotatable bonds is 6. The van der Waals surface area contributed by atoms with Crippen LogP contribution in [0.25, 0.3) is 0 Å². The van der Waals surface area contributed by atoms with Gasteiger partial charge in [0, 0.05) is 31.7 Å². The van der Waals surface area contributed by atoms with E-state index in [0.29, 0.717) is 6.54 Å². The minimum atomic E-state index is -0.487. The summed E-state index contributed by atoms with van der Waals surface area (Å²) >= 11 is 0. The Bertz CT molecular complexity index is 721. The first-order chi connectivity index (χ1) is 12.1. The molecular weight excluding hydrogens is 314 g/mol. The highest BCUT2D eigenvalue weighted by Gasteiger charge is 2.40. The maximum Gasteiger partial charge on any atom is 0.225 e. The van der Waals surface area contributed by atoms with Crippen LogP contribution in [-0.2, 0) is 11.2 Å². The number of hydrogen-bond donors (Lipinski definition) is 1. The second kappa shape index (κ2) is 7.59. The molecule has 1 aliphatic heterocycles. The maximum absolute atomic E-state index is 12.3. The summed E-state index contributed by atoms with van der Waals surface area (Å²) in [6, 6.07) is 5.92. The van der Waals surface area contributed by atoms with Gasteiger partial charge >= 0.3 is 0 Å². The minimum absolute atomic E-state index is 0.200. The third kappa shape index (κ3) is 4.13. The second-order valence-corrected chi connectivity index (χ2v) is 6.85. The number of primary amides is 1. The summed E-state index contributed by atoms with van der Waals surface area (Å²) in [6.45, 7) is 3.41. The van der Waals surface area contributed by atoms with E-state index in [-0.39, 0.29) is 5.91 Å². The summed E-state index contributed by atoms with van der Waals surface area (Å²) in [5.74, 6) is 1.42. The molecule has 132 valence electrons. The molecule has 0 spiro atoms. The van der Waals surface area contributed by atoms with Gasteiger partial charge in [-0.1, -0.05) is 6.07 Å². The first-order valence-corrected chi connectivity index (χ1v) is 8.82. The molecule has 2 aromatic heterocycles. The lowest BCUT2D eigenvalue weighted by Gasteiger charge is -2.41. The van der Waals surface area contributed by atoms with Crippen molar-refractivity contribution in [3.05, 3.63) is 48.2 Å². The number of carbonyl (C=O) groups excluding carboxylic acids is 1. The molecule has 6 heteroatoms. The molecule has 0 aromatic carbocycles. The van der Waals surface area contributed by atoms with E-state index >= 15 is 0 Å². The molecule has 1 atom stereocenters. The highest BCUT2D eigenvalue weighted by atomic mass is 16.1. The van der Waals surface area contributed by atoms with Crippen LogP contribution in [0.4, 0.5) is 5.82 Å². The van der Waals surface area contributed by atoms with Crippen molar-refractivity contribution < 1.29 is 4.79 Å². The zero-order valence-corrected chi connectivity index (χ0v) is 14.7. The Hall–Kier alpha value is -2.50. The van der Waals surface area contributed by atoms with Gasteiger partial charge in [-0.3, -0.25) is 9.78 Å². The fourth-order valence-electron chi connectivity index (χ4n) is 3.65. The maximum atomic E-state index is 12.3. The topological polar surface area (TPSA) is 85.0 Å². The molecule has 1 saturated heterocycles. The average molecular weight is 339 g/mol. The molecule has 1 aliphatic rings. The Balaban J connectivity index is 1.69. The lowest BCUT2D eigenvalue weighted by atomic mass is 9.75. The molecule has 6 nitrogen and oxygen atoms in total. The molecule has 1 amide bonds. The van der Waals surface area contributed by atoms with Crippen molar-refractivity contribution in [3.63, 3.8) is 0 Å². The number of amides is 1. The van der Waals surface area contributed by atoms with Crippen LogP contribution >= 0.6 is 0 Å². The van der Waals surface area contributed by atoms with Gasteiger partial charge in [0.1, 0.15) is 11.6 Å². The van der Waals surface area contributed by atoms with E-state index < -0.39 is 5.41 Å². The van der Waals surface area contributed by atoms with Crippen LogP contribution in [0.15, 0.2) is 36.8 Å². The first kappa shape index (κ1) is 17.3. The summed E-state index contributed by atoms with van der Waals surface area (Å²) in [5.41, 5.74) is 6.55. The number of aryl methyl sites for hydroxylation is 2. The molecule has 2 N–H and O–H groups in total. The molecule has 2 aromatic rings. The predicted octanol–water partition coefficient (Wildman–Crippen LogP) is 2.27. The fraction of sp³-hybridized carbons (Fsp3) is 0.474. The van der Waals surface area contributed by atoms with Gasteiger partial charge in [0.15, 0.2) is 0 Å². The van der Waals surface area contributed by atoms with Crippen LogP contribution in [0.3, 0.4) is 0 Å². The smallest absolute Gasteiger partial charge is 0.225 e. The van der Waals surface area contributed by atoms with Crippen molar-refractivity contribution in [2.45, 2.75) is 39.0 Å². The van der Waals surface area contributed by atoms with Gasteiger partial charge in [-0.05, 0) is 56.7 Å². The summed E-state index contributed by atoms with van der Waals surface area (Å²) in [6.07, 6.45) is 9.83. The number of nitrogens with two attached hydrogens (primary N) is 1. The Labute approximate surface area is 148 Å². The van der Waals surface area contributed by atoms with Gasteiger partial charge in [-0.15, -0.1) is 0 Å². The molecule has 0 saturated carbocycles. The van der Waals surface area contributed by atoms with Crippen molar-refractivity contribution in [3.8, 4) is 0 Å². The van der Waals surface area contributed by atoms with Crippen LogP contribution in [-0.4, -0.2) is 33.9 Å². The second-order valence-electron chi connectivity index (χ2n) is 6.85. The Morgan fingerprint density at radius 2 is 2.24 bits per heavy atom. The van der Waals surface area contributed by atoms with E-state index in [1.807, 2.05) is 25.3 Å². The van der Waals surface area contributed by atoms with Crippen molar-refractivity contribution in [2.24, 2.45) is 11.1 Å². The molecule has 1 unspecified atom stereocenters. The van der Waals surface area contributed by atoms with Crippen LogP contribution in [0.2, 0.25) is 0 Å². The average Bonchev–Trinajstić information content (AvgIpc) is 2.63. The predicted molar refractivity (Wildman–Crippen MR) is 97.0 cm³/mol. The number of anilines is 1. The first-order valence-electron chi connectivity index (χ1n) is 8.82. The lowest BCUT2D eigenvalue weighted by Crippen LogP contribution is -2.51. The third-order valence-corrected chi connectivity index (χ3v) is 5.03. The van der Waals surface area contributed by atoms with E-state index in [9.17, 15) is 4.79 Å². The van der Waals surface area contributed by atoms with Gasteiger partial charge < -0.3 is 10.6 Å². The largest absolute Gasteiger partial charge is 0.369 e. The van der Waals surface area contributed by atoms with Gasteiger partial charge in [0.2, 0.25) is 5.91 Å². The van der Waals surface area contributed by atoms with Crippen molar-refractivity contribution in [1.82, 2.24) is 15.0 Å². The van der Waals surface area contributed by atoms with Crippen LogP contribution in [0, 0.1) is 12.3 Å². The summed E-state index contributed by atoms with van der Waals surface area (Å²) in [4.78, 5) is 27.3. The van der Waals surface area contributed by atoms with Crippen LogP contribution < -0.4 is 10.6 Å². The monoisotopic (exact) mass is 339 g/mol. The molecule has 25 heavy (non-hydrogen) atoms. The van der Waals surface area contributed by atoms with Crippen molar-refractivity contribution in [1.29, 1.82) is 0 Å². The van der Waals surface area contributed by atoms with Gasteiger partial charge in [0.05, 0.1) is 5.41 Å². The minimum Gasteiger partial charge on any atom is -0.369 e. The van der Waals surface area contributed by atoms with Crippen molar-refractivity contribution in [2.75, 3.05) is 18.0 Å². The summed E-state index contributed by atoms with van der Waals surface area (Å²) in [7, 11) is 0. The van der Waals surface area contributed by atoms with E-state index in [1.54, 1.807) is 12.4 Å². The normalized spacial score (nSPS) is 20.4.